The molecule has 1 aromatic carbocycles. The number of carbonyl (C=O) groups is 2. The number of para-hydroxylation sites is 1. The molecular formula is C29H40N2O2. The average Bonchev–Trinajstić information content (AvgIpc) is 3.21. The van der Waals surface area contributed by atoms with Gasteiger partial charge in [0.25, 0.3) is 0 Å². The number of aryl methyl sites for hydroxylation is 2. The lowest BCUT2D eigenvalue weighted by Gasteiger charge is -2.59. The standard InChI is InChI=1S/C29H40N2O2/c1-5-19-9-7-10-20(6-2)26(19)30-27(33)31-18-22-23-11-8-14-28(23,3)15-13-24(22)29(4)16-12-21(32)17-25(29)31/h7,9-10,17,22-24H,5-6,8,11-16,18H2,1-4H3,(H,30,33)/t22-,23-,24-,28-,29+/m0/s1. The first kappa shape index (κ1) is 22.7. The van der Waals surface area contributed by atoms with Crippen molar-refractivity contribution in [3.8, 4) is 0 Å². The Kier molecular flexibility index (Phi) is 5.69. The second kappa shape index (κ2) is 8.29. The molecule has 2 saturated carbocycles. The molecule has 4 aliphatic rings. The molecule has 178 valence electrons. The number of anilines is 1. The van der Waals surface area contributed by atoms with E-state index in [4.69, 9.17) is 0 Å². The van der Waals surface area contributed by atoms with Crippen molar-refractivity contribution in [1.82, 2.24) is 4.90 Å². The lowest BCUT2D eigenvalue weighted by atomic mass is 9.50. The number of allylic oxidation sites excluding steroid dienone is 2. The molecule has 1 aromatic rings. The van der Waals surface area contributed by atoms with Crippen molar-refractivity contribution in [2.45, 2.75) is 85.5 Å². The van der Waals surface area contributed by atoms with Crippen molar-refractivity contribution in [2.75, 3.05) is 11.9 Å². The fraction of sp³-hybridized carbons (Fsp3) is 0.655. The summed E-state index contributed by atoms with van der Waals surface area (Å²) in [6, 6.07) is 6.25. The zero-order valence-corrected chi connectivity index (χ0v) is 20.9. The van der Waals surface area contributed by atoms with Crippen molar-refractivity contribution in [1.29, 1.82) is 0 Å². The predicted octanol–water partition coefficient (Wildman–Crippen LogP) is 6.74. The van der Waals surface area contributed by atoms with E-state index in [1.165, 1.54) is 43.2 Å². The summed E-state index contributed by atoms with van der Waals surface area (Å²) in [4.78, 5) is 28.4. The Labute approximate surface area is 199 Å². The van der Waals surface area contributed by atoms with Gasteiger partial charge >= 0.3 is 6.03 Å². The number of hydrogen-bond donors (Lipinski definition) is 1. The molecule has 2 amide bonds. The summed E-state index contributed by atoms with van der Waals surface area (Å²) in [7, 11) is 0. The number of urea groups is 1. The van der Waals surface area contributed by atoms with Gasteiger partial charge in [-0.1, -0.05) is 52.3 Å². The van der Waals surface area contributed by atoms with Gasteiger partial charge in [0.15, 0.2) is 5.78 Å². The number of carbonyl (C=O) groups excluding carboxylic acids is 2. The molecule has 0 spiro atoms. The SMILES string of the molecule is CCc1cccc(CC)c1NC(=O)N1C[C@H]2[C@@H]3CCC[C@@]3(C)CC[C@@H]2[C@@]2(C)CCC(=O)C=C12. The number of nitrogens with zero attached hydrogens (tertiary/aromatic N) is 1. The summed E-state index contributed by atoms with van der Waals surface area (Å²) in [5, 5.41) is 3.32. The molecule has 33 heavy (non-hydrogen) atoms. The third-order valence-corrected chi connectivity index (χ3v) is 9.97. The maximum Gasteiger partial charge on any atom is 0.326 e. The first-order chi connectivity index (χ1) is 15.8. The van der Waals surface area contributed by atoms with Crippen LogP contribution in [-0.2, 0) is 17.6 Å². The second-order valence-corrected chi connectivity index (χ2v) is 11.6. The van der Waals surface area contributed by atoms with E-state index in [2.05, 4.69) is 51.2 Å². The van der Waals surface area contributed by atoms with Crippen molar-refractivity contribution >= 4 is 17.5 Å². The van der Waals surface area contributed by atoms with Crippen LogP contribution in [0.4, 0.5) is 10.5 Å². The predicted molar refractivity (Wildman–Crippen MR) is 133 cm³/mol. The third-order valence-electron chi connectivity index (χ3n) is 9.97. The van der Waals surface area contributed by atoms with Gasteiger partial charge in [0.2, 0.25) is 0 Å². The number of ketones is 1. The van der Waals surface area contributed by atoms with Crippen LogP contribution < -0.4 is 5.32 Å². The lowest BCUT2D eigenvalue weighted by Crippen LogP contribution is -2.59. The van der Waals surface area contributed by atoms with E-state index in [9.17, 15) is 9.59 Å². The van der Waals surface area contributed by atoms with Crippen molar-refractivity contribution in [3.05, 3.63) is 41.1 Å². The molecule has 1 heterocycles. The molecule has 3 fully saturated rings. The first-order valence-corrected chi connectivity index (χ1v) is 13.2. The quantitative estimate of drug-likeness (QED) is 0.556. The van der Waals surface area contributed by atoms with Gasteiger partial charge < -0.3 is 5.32 Å². The van der Waals surface area contributed by atoms with Crippen LogP contribution in [0.2, 0.25) is 0 Å². The lowest BCUT2D eigenvalue weighted by molar-refractivity contribution is -0.118. The van der Waals surface area contributed by atoms with Gasteiger partial charge in [-0.2, -0.15) is 0 Å². The van der Waals surface area contributed by atoms with Crippen LogP contribution in [0.15, 0.2) is 30.0 Å². The van der Waals surface area contributed by atoms with Crippen LogP contribution in [0.25, 0.3) is 0 Å². The van der Waals surface area contributed by atoms with Crippen LogP contribution in [-0.4, -0.2) is 23.3 Å². The van der Waals surface area contributed by atoms with Gasteiger partial charge in [-0.15, -0.1) is 0 Å². The van der Waals surface area contributed by atoms with E-state index < -0.39 is 0 Å². The molecule has 4 heteroatoms. The number of amides is 2. The van der Waals surface area contributed by atoms with Gasteiger partial charge in [-0.3, -0.25) is 9.69 Å². The first-order valence-electron chi connectivity index (χ1n) is 13.2. The van der Waals surface area contributed by atoms with E-state index in [0.29, 0.717) is 29.6 Å². The number of benzene rings is 1. The van der Waals surface area contributed by atoms with Crippen LogP contribution in [0.3, 0.4) is 0 Å². The number of rotatable bonds is 3. The smallest absolute Gasteiger partial charge is 0.307 e. The van der Waals surface area contributed by atoms with Crippen LogP contribution in [0, 0.1) is 28.6 Å². The summed E-state index contributed by atoms with van der Waals surface area (Å²) < 4.78 is 0. The molecule has 0 radical (unpaired) electrons. The molecule has 5 atom stereocenters. The van der Waals surface area contributed by atoms with Gasteiger partial charge in [-0.05, 0) is 79.2 Å². The average molecular weight is 449 g/mol. The monoisotopic (exact) mass is 448 g/mol. The normalized spacial score (nSPS) is 35.4. The summed E-state index contributed by atoms with van der Waals surface area (Å²) >= 11 is 0. The fourth-order valence-electron chi connectivity index (χ4n) is 8.07. The molecule has 1 N–H and O–H groups in total. The molecule has 0 unspecified atom stereocenters. The minimum Gasteiger partial charge on any atom is -0.307 e. The number of fused-ring (bicyclic) bond motifs is 5. The van der Waals surface area contributed by atoms with Crippen LogP contribution in [0.5, 0.6) is 0 Å². The summed E-state index contributed by atoms with van der Waals surface area (Å²) in [5.74, 6) is 1.96. The fourth-order valence-corrected chi connectivity index (χ4v) is 8.07. The summed E-state index contributed by atoms with van der Waals surface area (Å²) in [6.07, 6.45) is 11.5. The molecule has 4 nitrogen and oxygen atoms in total. The summed E-state index contributed by atoms with van der Waals surface area (Å²) in [6.45, 7) is 9.86. The highest BCUT2D eigenvalue weighted by Gasteiger charge is 2.58. The number of nitrogens with one attached hydrogen (secondary N) is 1. The van der Waals surface area contributed by atoms with Gasteiger partial charge in [0, 0.05) is 35.8 Å². The van der Waals surface area contributed by atoms with Crippen molar-refractivity contribution in [2.24, 2.45) is 28.6 Å². The number of hydrogen-bond acceptors (Lipinski definition) is 2. The van der Waals surface area contributed by atoms with Crippen molar-refractivity contribution < 1.29 is 9.59 Å². The van der Waals surface area contributed by atoms with E-state index >= 15 is 0 Å². The molecule has 5 rings (SSSR count). The molecule has 0 bridgehead atoms. The summed E-state index contributed by atoms with van der Waals surface area (Å²) in [5.41, 5.74) is 4.63. The Bertz CT molecular complexity index is 975. The maximum atomic E-state index is 13.9. The Morgan fingerprint density at radius 2 is 1.79 bits per heavy atom. The van der Waals surface area contributed by atoms with E-state index in [1.807, 2.05) is 11.0 Å². The van der Waals surface area contributed by atoms with Crippen LogP contribution >= 0.6 is 0 Å². The highest BCUT2D eigenvalue weighted by molar-refractivity contribution is 5.96. The minimum atomic E-state index is -0.0874. The van der Waals surface area contributed by atoms with Gasteiger partial charge in [0.05, 0.1) is 0 Å². The topological polar surface area (TPSA) is 49.4 Å². The van der Waals surface area contributed by atoms with Crippen LogP contribution in [0.1, 0.15) is 83.8 Å². The second-order valence-electron chi connectivity index (χ2n) is 11.6. The third kappa shape index (κ3) is 3.56. The van der Waals surface area contributed by atoms with Gasteiger partial charge in [-0.25, -0.2) is 4.79 Å². The Hall–Kier alpha value is -2.10. The molecule has 3 aliphatic carbocycles. The van der Waals surface area contributed by atoms with Crippen molar-refractivity contribution in [3.63, 3.8) is 0 Å². The van der Waals surface area contributed by atoms with E-state index in [0.717, 1.165) is 37.2 Å². The Balaban J connectivity index is 1.53. The Morgan fingerprint density at radius 3 is 2.48 bits per heavy atom. The Morgan fingerprint density at radius 1 is 1.06 bits per heavy atom. The molecular weight excluding hydrogens is 408 g/mol. The van der Waals surface area contributed by atoms with E-state index in [-0.39, 0.29) is 17.2 Å². The highest BCUT2D eigenvalue weighted by atomic mass is 16.2. The molecule has 0 aromatic heterocycles. The minimum absolute atomic E-state index is 0.0542. The number of likely N-dealkylation sites (tertiary alicyclic amines) is 1. The number of piperidine rings is 1. The molecule has 1 aliphatic heterocycles. The zero-order valence-electron chi connectivity index (χ0n) is 20.9. The largest absolute Gasteiger partial charge is 0.326 e. The van der Waals surface area contributed by atoms with E-state index in [1.54, 1.807) is 0 Å². The maximum absolute atomic E-state index is 13.9. The zero-order chi connectivity index (χ0) is 23.4. The van der Waals surface area contributed by atoms with Gasteiger partial charge in [0.1, 0.15) is 0 Å². The molecule has 1 saturated heterocycles. The highest BCUT2D eigenvalue weighted by Crippen LogP contribution is 2.64.